The zero-order chi connectivity index (χ0) is 20.4. The maximum absolute atomic E-state index is 13.3. The third-order valence-corrected chi connectivity index (χ3v) is 5.56. The molecule has 4 rings (SSSR count). The van der Waals surface area contributed by atoms with Gasteiger partial charge in [0.1, 0.15) is 47.5 Å². The van der Waals surface area contributed by atoms with Gasteiger partial charge < -0.3 is 25.0 Å². The predicted molar refractivity (Wildman–Crippen MR) is 103 cm³/mol. The second-order valence-corrected chi connectivity index (χ2v) is 7.69. The summed E-state index contributed by atoms with van der Waals surface area (Å²) in [6, 6.07) is 8.79. The van der Waals surface area contributed by atoms with Crippen LogP contribution in [0.3, 0.4) is 0 Å². The van der Waals surface area contributed by atoms with Crippen molar-refractivity contribution in [1.29, 1.82) is 0 Å². The van der Waals surface area contributed by atoms with Gasteiger partial charge in [0, 0.05) is 13.1 Å². The van der Waals surface area contributed by atoms with Gasteiger partial charge in [0.15, 0.2) is 0 Å². The monoisotopic (exact) mass is 405 g/mol. The Labute approximate surface area is 168 Å². The molecule has 0 amide bonds. The summed E-state index contributed by atoms with van der Waals surface area (Å²) in [6.07, 6.45) is 0.214. The Morgan fingerprint density at radius 1 is 0.828 bits per heavy atom. The molecule has 3 unspecified atom stereocenters. The summed E-state index contributed by atoms with van der Waals surface area (Å²) in [5.41, 5.74) is 1.62. The number of aryl methyl sites for hydroxylation is 2. The molecule has 0 bridgehead atoms. The number of ether oxygens (including phenoxy) is 2. The molecule has 7 heteroatoms. The van der Waals surface area contributed by atoms with Crippen molar-refractivity contribution >= 4 is 0 Å². The van der Waals surface area contributed by atoms with Crippen molar-refractivity contribution < 1.29 is 28.5 Å². The second kappa shape index (κ2) is 8.65. The summed E-state index contributed by atoms with van der Waals surface area (Å²) < 4.78 is 38.2. The van der Waals surface area contributed by atoms with Gasteiger partial charge >= 0.3 is 0 Å². The van der Waals surface area contributed by atoms with Crippen molar-refractivity contribution in [2.75, 3.05) is 13.1 Å². The van der Waals surface area contributed by atoms with E-state index in [-0.39, 0.29) is 36.9 Å². The summed E-state index contributed by atoms with van der Waals surface area (Å²) in [7, 11) is 0. The molecule has 0 saturated heterocycles. The number of hydrogen-bond donors (Lipinski definition) is 3. The Bertz CT molecular complexity index is 793. The van der Waals surface area contributed by atoms with Gasteiger partial charge in [0.25, 0.3) is 0 Å². The summed E-state index contributed by atoms with van der Waals surface area (Å²) in [5, 5.41) is 23.9. The molecule has 29 heavy (non-hydrogen) atoms. The Kier molecular flexibility index (Phi) is 5.99. The maximum atomic E-state index is 13.3. The van der Waals surface area contributed by atoms with Crippen LogP contribution in [0.25, 0.3) is 0 Å². The number of hydrogen-bond acceptors (Lipinski definition) is 5. The molecule has 4 atom stereocenters. The Morgan fingerprint density at radius 3 is 1.72 bits per heavy atom. The van der Waals surface area contributed by atoms with Crippen LogP contribution >= 0.6 is 0 Å². The van der Waals surface area contributed by atoms with E-state index in [0.29, 0.717) is 37.2 Å². The average molecular weight is 405 g/mol. The van der Waals surface area contributed by atoms with Gasteiger partial charge in [-0.25, -0.2) is 8.78 Å². The van der Waals surface area contributed by atoms with Crippen LogP contribution in [0.15, 0.2) is 36.4 Å². The smallest absolute Gasteiger partial charge is 0.126 e. The molecule has 0 fully saturated rings. The van der Waals surface area contributed by atoms with Crippen molar-refractivity contribution in [3.63, 3.8) is 0 Å². The first kappa shape index (κ1) is 20.1. The number of aliphatic hydroxyl groups is 2. The zero-order valence-corrected chi connectivity index (χ0v) is 16.0. The average Bonchev–Trinajstić information content (AvgIpc) is 2.72. The molecule has 2 aromatic carbocycles. The molecule has 2 aliphatic heterocycles. The SMILES string of the molecule is OC(CNC[C@@H](O)C1CCc2cc(F)ccc2O1)C1CCc2cc(F)ccc2O1. The topological polar surface area (TPSA) is 71.0 Å². The van der Waals surface area contributed by atoms with Gasteiger partial charge in [-0.05, 0) is 73.2 Å². The Balaban J connectivity index is 1.24. The lowest BCUT2D eigenvalue weighted by molar-refractivity contribution is 0.00892. The van der Waals surface area contributed by atoms with E-state index >= 15 is 0 Å². The zero-order valence-electron chi connectivity index (χ0n) is 16.0. The number of benzene rings is 2. The molecule has 0 radical (unpaired) electrons. The van der Waals surface area contributed by atoms with Crippen LogP contribution in [-0.2, 0) is 12.8 Å². The van der Waals surface area contributed by atoms with Crippen molar-refractivity contribution in [3.8, 4) is 11.5 Å². The van der Waals surface area contributed by atoms with E-state index in [1.54, 1.807) is 12.1 Å². The first-order valence-corrected chi connectivity index (χ1v) is 9.96. The fraction of sp³-hybridized carbons (Fsp3) is 0.455. The van der Waals surface area contributed by atoms with E-state index in [0.717, 1.165) is 11.1 Å². The third-order valence-electron chi connectivity index (χ3n) is 5.56. The molecule has 2 heterocycles. The maximum Gasteiger partial charge on any atom is 0.126 e. The van der Waals surface area contributed by atoms with Crippen molar-refractivity contribution in [1.82, 2.24) is 5.32 Å². The highest BCUT2D eigenvalue weighted by Crippen LogP contribution is 2.30. The molecule has 5 nitrogen and oxygen atoms in total. The number of halogens is 2. The molecule has 0 aromatic heterocycles. The standard InChI is InChI=1S/C22H25F2NO4/c23-15-3-7-19-13(9-15)1-5-21(28-19)17(26)11-25-12-18(27)22-6-2-14-10-16(24)4-8-20(14)29-22/h3-4,7-10,17-18,21-22,25-27H,1-2,5-6,11-12H2/t17-,18?,21?,22?/m1/s1. The number of nitrogens with one attached hydrogen (secondary N) is 1. The highest BCUT2D eigenvalue weighted by Gasteiger charge is 2.29. The summed E-state index contributed by atoms with van der Waals surface area (Å²) in [6.45, 7) is 0.513. The van der Waals surface area contributed by atoms with Crippen molar-refractivity contribution in [3.05, 3.63) is 59.2 Å². The van der Waals surface area contributed by atoms with Crippen LogP contribution in [-0.4, -0.2) is 47.7 Å². The third kappa shape index (κ3) is 4.69. The minimum absolute atomic E-state index is 0.257. The van der Waals surface area contributed by atoms with E-state index in [4.69, 9.17) is 9.47 Å². The molecule has 0 saturated carbocycles. The van der Waals surface area contributed by atoms with E-state index in [1.807, 2.05) is 0 Å². The van der Waals surface area contributed by atoms with Crippen LogP contribution in [0.2, 0.25) is 0 Å². The van der Waals surface area contributed by atoms with Crippen LogP contribution in [0.5, 0.6) is 11.5 Å². The van der Waals surface area contributed by atoms with Crippen molar-refractivity contribution in [2.45, 2.75) is 50.1 Å². The normalized spacial score (nSPS) is 22.6. The molecule has 2 aliphatic rings. The summed E-state index contributed by atoms with van der Waals surface area (Å²) >= 11 is 0. The number of rotatable bonds is 6. The van der Waals surface area contributed by atoms with E-state index in [9.17, 15) is 19.0 Å². The summed E-state index contributed by atoms with van der Waals surface area (Å²) in [5.74, 6) is 0.624. The second-order valence-electron chi connectivity index (χ2n) is 7.69. The van der Waals surface area contributed by atoms with E-state index in [2.05, 4.69) is 5.32 Å². The molecular formula is C22H25F2NO4. The fourth-order valence-electron chi connectivity index (χ4n) is 3.94. The Hall–Kier alpha value is -2.22. The lowest BCUT2D eigenvalue weighted by Gasteiger charge is -2.31. The minimum Gasteiger partial charge on any atom is -0.487 e. The molecule has 0 aliphatic carbocycles. The van der Waals surface area contributed by atoms with E-state index in [1.165, 1.54) is 24.3 Å². The summed E-state index contributed by atoms with van der Waals surface area (Å²) in [4.78, 5) is 0. The Morgan fingerprint density at radius 2 is 1.28 bits per heavy atom. The van der Waals surface area contributed by atoms with Gasteiger partial charge in [0.05, 0.1) is 0 Å². The van der Waals surface area contributed by atoms with Gasteiger partial charge in [-0.15, -0.1) is 0 Å². The molecule has 156 valence electrons. The number of aliphatic hydroxyl groups excluding tert-OH is 2. The van der Waals surface area contributed by atoms with Crippen LogP contribution < -0.4 is 14.8 Å². The first-order chi connectivity index (χ1) is 14.0. The van der Waals surface area contributed by atoms with E-state index < -0.39 is 12.2 Å². The molecule has 0 spiro atoms. The number of fused-ring (bicyclic) bond motifs is 2. The molecule has 3 N–H and O–H groups in total. The fourth-order valence-corrected chi connectivity index (χ4v) is 3.94. The van der Waals surface area contributed by atoms with Crippen LogP contribution in [0.4, 0.5) is 8.78 Å². The van der Waals surface area contributed by atoms with Crippen LogP contribution in [0, 0.1) is 11.6 Å². The van der Waals surface area contributed by atoms with Gasteiger partial charge in [0.2, 0.25) is 0 Å². The largest absolute Gasteiger partial charge is 0.487 e. The molecule has 2 aromatic rings. The lowest BCUT2D eigenvalue weighted by Crippen LogP contribution is -2.46. The molecular weight excluding hydrogens is 380 g/mol. The lowest BCUT2D eigenvalue weighted by atomic mass is 9.98. The minimum atomic E-state index is -0.753. The van der Waals surface area contributed by atoms with Gasteiger partial charge in [-0.1, -0.05) is 0 Å². The highest BCUT2D eigenvalue weighted by atomic mass is 19.1. The highest BCUT2D eigenvalue weighted by molar-refractivity contribution is 5.36. The van der Waals surface area contributed by atoms with Crippen molar-refractivity contribution in [2.24, 2.45) is 0 Å². The van der Waals surface area contributed by atoms with Crippen LogP contribution in [0.1, 0.15) is 24.0 Å². The first-order valence-electron chi connectivity index (χ1n) is 9.96. The predicted octanol–water partition coefficient (Wildman–Crippen LogP) is 2.36. The van der Waals surface area contributed by atoms with Gasteiger partial charge in [-0.3, -0.25) is 0 Å². The van der Waals surface area contributed by atoms with Gasteiger partial charge in [-0.2, -0.15) is 0 Å². The quantitative estimate of drug-likeness (QED) is 0.688.